The summed E-state index contributed by atoms with van der Waals surface area (Å²) in [5.41, 5.74) is 1.13. The molecule has 1 aliphatic heterocycles. The molecule has 0 saturated carbocycles. The van der Waals surface area contributed by atoms with E-state index in [2.05, 4.69) is 46.7 Å². The van der Waals surface area contributed by atoms with Gasteiger partial charge in [0.05, 0.1) is 5.69 Å². The first-order chi connectivity index (χ1) is 8.20. The molecule has 4 heteroatoms. The molecule has 0 radical (unpaired) electrons. The van der Waals surface area contributed by atoms with E-state index in [0.717, 1.165) is 37.8 Å². The normalized spacial score (nSPS) is 20.9. The van der Waals surface area contributed by atoms with Crippen molar-refractivity contribution in [3.05, 3.63) is 11.9 Å². The maximum Gasteiger partial charge on any atom is 0.205 e. The van der Waals surface area contributed by atoms with Gasteiger partial charge in [-0.2, -0.15) is 0 Å². The van der Waals surface area contributed by atoms with Crippen LogP contribution >= 0.6 is 0 Å². The standard InChI is InChI=1S/C13H24N4/c1-4-5-7-16-10-12(3)15-13(16)17-8-6-14-11(2)9-17/h10-11,14H,4-9H2,1-3H3/t11-/m0/s1. The molecule has 0 aromatic carbocycles. The summed E-state index contributed by atoms with van der Waals surface area (Å²) in [5.74, 6) is 1.16. The largest absolute Gasteiger partial charge is 0.339 e. The minimum atomic E-state index is 0.556. The van der Waals surface area contributed by atoms with Crippen LogP contribution in [0.3, 0.4) is 0 Å². The van der Waals surface area contributed by atoms with Gasteiger partial charge < -0.3 is 14.8 Å². The Morgan fingerprint density at radius 1 is 1.53 bits per heavy atom. The van der Waals surface area contributed by atoms with E-state index in [-0.39, 0.29) is 0 Å². The molecular weight excluding hydrogens is 212 g/mol. The molecule has 2 heterocycles. The summed E-state index contributed by atoms with van der Waals surface area (Å²) in [7, 11) is 0. The van der Waals surface area contributed by atoms with Crippen LogP contribution in [0.2, 0.25) is 0 Å². The summed E-state index contributed by atoms with van der Waals surface area (Å²) in [6.07, 6.45) is 4.64. The molecule has 2 rings (SSSR count). The highest BCUT2D eigenvalue weighted by molar-refractivity contribution is 5.34. The molecule has 1 fully saturated rings. The van der Waals surface area contributed by atoms with E-state index in [1.165, 1.54) is 12.8 Å². The van der Waals surface area contributed by atoms with Crippen LogP contribution in [-0.4, -0.2) is 35.2 Å². The first-order valence-corrected chi connectivity index (χ1v) is 6.72. The van der Waals surface area contributed by atoms with Crippen molar-refractivity contribution in [2.24, 2.45) is 0 Å². The van der Waals surface area contributed by atoms with E-state index in [1.807, 2.05) is 0 Å². The van der Waals surface area contributed by atoms with Gasteiger partial charge in [0.2, 0.25) is 5.95 Å². The number of nitrogens with one attached hydrogen (secondary N) is 1. The number of hydrogen-bond acceptors (Lipinski definition) is 3. The Kier molecular flexibility index (Phi) is 4.05. The second-order valence-corrected chi connectivity index (χ2v) is 5.03. The van der Waals surface area contributed by atoms with Crippen LogP contribution in [0, 0.1) is 6.92 Å². The van der Waals surface area contributed by atoms with Crippen molar-refractivity contribution >= 4 is 5.95 Å². The van der Waals surface area contributed by atoms with Gasteiger partial charge in [-0.25, -0.2) is 4.98 Å². The van der Waals surface area contributed by atoms with E-state index in [9.17, 15) is 0 Å². The summed E-state index contributed by atoms with van der Waals surface area (Å²) < 4.78 is 2.32. The van der Waals surface area contributed by atoms with Gasteiger partial charge in [0.25, 0.3) is 0 Å². The predicted molar refractivity (Wildman–Crippen MR) is 71.5 cm³/mol. The SMILES string of the molecule is CCCCn1cc(C)nc1N1CCN[C@@H](C)C1. The summed E-state index contributed by atoms with van der Waals surface area (Å²) >= 11 is 0. The lowest BCUT2D eigenvalue weighted by molar-refractivity contribution is 0.472. The number of nitrogens with zero attached hydrogens (tertiary/aromatic N) is 3. The Morgan fingerprint density at radius 2 is 2.35 bits per heavy atom. The van der Waals surface area contributed by atoms with Crippen LogP contribution in [-0.2, 0) is 6.54 Å². The number of piperazine rings is 1. The van der Waals surface area contributed by atoms with E-state index in [4.69, 9.17) is 0 Å². The number of aromatic nitrogens is 2. The van der Waals surface area contributed by atoms with E-state index in [1.54, 1.807) is 0 Å². The summed E-state index contributed by atoms with van der Waals surface area (Å²) in [6.45, 7) is 10.8. The molecule has 1 saturated heterocycles. The van der Waals surface area contributed by atoms with Crippen LogP contribution in [0.1, 0.15) is 32.4 Å². The smallest absolute Gasteiger partial charge is 0.205 e. The van der Waals surface area contributed by atoms with Crippen LogP contribution in [0.15, 0.2) is 6.20 Å². The first-order valence-electron chi connectivity index (χ1n) is 6.72. The maximum atomic E-state index is 4.68. The average molecular weight is 236 g/mol. The third-order valence-corrected chi connectivity index (χ3v) is 3.28. The summed E-state index contributed by atoms with van der Waals surface area (Å²) in [6, 6.07) is 0.556. The van der Waals surface area contributed by atoms with Gasteiger partial charge >= 0.3 is 0 Å². The van der Waals surface area contributed by atoms with E-state index >= 15 is 0 Å². The molecule has 0 amide bonds. The van der Waals surface area contributed by atoms with Gasteiger partial charge in [0.1, 0.15) is 0 Å². The zero-order valence-electron chi connectivity index (χ0n) is 11.2. The molecule has 1 aromatic rings. The van der Waals surface area contributed by atoms with Crippen LogP contribution in [0.5, 0.6) is 0 Å². The fourth-order valence-electron chi connectivity index (χ4n) is 2.39. The fourth-order valence-corrected chi connectivity index (χ4v) is 2.39. The average Bonchev–Trinajstić information content (AvgIpc) is 2.68. The number of aryl methyl sites for hydroxylation is 2. The molecule has 1 aliphatic rings. The van der Waals surface area contributed by atoms with Crippen molar-refractivity contribution in [3.63, 3.8) is 0 Å². The number of hydrogen-bond donors (Lipinski definition) is 1. The molecule has 4 nitrogen and oxygen atoms in total. The molecule has 1 N–H and O–H groups in total. The molecule has 0 bridgehead atoms. The van der Waals surface area contributed by atoms with Crippen molar-refractivity contribution in [1.82, 2.24) is 14.9 Å². The van der Waals surface area contributed by atoms with Gasteiger partial charge in [0, 0.05) is 38.4 Å². The molecule has 0 spiro atoms. The minimum Gasteiger partial charge on any atom is -0.339 e. The van der Waals surface area contributed by atoms with Gasteiger partial charge in [-0.1, -0.05) is 13.3 Å². The molecule has 0 unspecified atom stereocenters. The Labute approximate surface area is 104 Å². The monoisotopic (exact) mass is 236 g/mol. The molecule has 96 valence electrons. The van der Waals surface area contributed by atoms with Crippen molar-refractivity contribution in [3.8, 4) is 0 Å². The lowest BCUT2D eigenvalue weighted by Gasteiger charge is -2.32. The van der Waals surface area contributed by atoms with Crippen LogP contribution in [0.25, 0.3) is 0 Å². The predicted octanol–water partition coefficient (Wildman–Crippen LogP) is 1.79. The summed E-state index contributed by atoms with van der Waals surface area (Å²) in [5, 5.41) is 3.47. The van der Waals surface area contributed by atoms with E-state index < -0.39 is 0 Å². The zero-order valence-corrected chi connectivity index (χ0v) is 11.2. The quantitative estimate of drug-likeness (QED) is 0.865. The van der Waals surface area contributed by atoms with Gasteiger partial charge in [-0.3, -0.25) is 0 Å². The fraction of sp³-hybridized carbons (Fsp3) is 0.769. The van der Waals surface area contributed by atoms with Gasteiger partial charge in [-0.05, 0) is 20.3 Å². The van der Waals surface area contributed by atoms with Crippen LogP contribution < -0.4 is 10.2 Å². The summed E-state index contributed by atoms with van der Waals surface area (Å²) in [4.78, 5) is 7.09. The lowest BCUT2D eigenvalue weighted by atomic mass is 10.2. The van der Waals surface area contributed by atoms with Crippen molar-refractivity contribution < 1.29 is 0 Å². The molecule has 0 aliphatic carbocycles. The third-order valence-electron chi connectivity index (χ3n) is 3.28. The van der Waals surface area contributed by atoms with Crippen molar-refractivity contribution in [2.45, 2.75) is 46.2 Å². The number of anilines is 1. The Bertz CT molecular complexity index is 358. The highest BCUT2D eigenvalue weighted by Gasteiger charge is 2.20. The molecule has 17 heavy (non-hydrogen) atoms. The highest BCUT2D eigenvalue weighted by Crippen LogP contribution is 2.17. The zero-order chi connectivity index (χ0) is 12.3. The second-order valence-electron chi connectivity index (χ2n) is 5.03. The number of rotatable bonds is 4. The van der Waals surface area contributed by atoms with Gasteiger partial charge in [0.15, 0.2) is 0 Å². The van der Waals surface area contributed by atoms with Crippen LogP contribution in [0.4, 0.5) is 5.95 Å². The Morgan fingerprint density at radius 3 is 3.06 bits per heavy atom. The van der Waals surface area contributed by atoms with Crippen molar-refractivity contribution in [1.29, 1.82) is 0 Å². The molecule has 1 atom stereocenters. The number of imidazole rings is 1. The third kappa shape index (κ3) is 3.00. The first kappa shape index (κ1) is 12.4. The van der Waals surface area contributed by atoms with Crippen molar-refractivity contribution in [2.75, 3.05) is 24.5 Å². The maximum absolute atomic E-state index is 4.68. The second kappa shape index (κ2) is 5.54. The van der Waals surface area contributed by atoms with E-state index in [0.29, 0.717) is 6.04 Å². The minimum absolute atomic E-state index is 0.556. The molecular formula is C13H24N4. The highest BCUT2D eigenvalue weighted by atomic mass is 15.3. The Hall–Kier alpha value is -1.03. The number of unbranched alkanes of at least 4 members (excludes halogenated alkanes) is 1. The topological polar surface area (TPSA) is 33.1 Å². The van der Waals surface area contributed by atoms with Gasteiger partial charge in [-0.15, -0.1) is 0 Å². The lowest BCUT2D eigenvalue weighted by Crippen LogP contribution is -2.50. The Balaban J connectivity index is 2.12. The molecule has 1 aromatic heterocycles.